The van der Waals surface area contributed by atoms with Crippen LogP contribution in [-0.2, 0) is 9.53 Å². The van der Waals surface area contributed by atoms with Gasteiger partial charge in [0, 0.05) is 26.1 Å². The van der Waals surface area contributed by atoms with Gasteiger partial charge in [-0.2, -0.15) is 0 Å². The van der Waals surface area contributed by atoms with Crippen LogP contribution in [0.5, 0.6) is 0 Å². The number of nitrogens with zero attached hydrogens (tertiary/aromatic N) is 1. The third-order valence-corrected chi connectivity index (χ3v) is 4.83. The standard InChI is InChI=1S/C15H28N2O2/c1-3-19-14-6-12(7-14)8-15(18)17-5-4-11(2)13(9-16)10-17/h11-14H,3-10,16H2,1-2H3. The summed E-state index contributed by atoms with van der Waals surface area (Å²) in [5.41, 5.74) is 5.79. The van der Waals surface area contributed by atoms with Crippen molar-refractivity contribution in [1.29, 1.82) is 0 Å². The van der Waals surface area contributed by atoms with Crippen molar-refractivity contribution in [3.05, 3.63) is 0 Å². The number of rotatable bonds is 5. The summed E-state index contributed by atoms with van der Waals surface area (Å²) in [6.07, 6.45) is 4.32. The van der Waals surface area contributed by atoms with Crippen LogP contribution in [0.4, 0.5) is 0 Å². The molecule has 0 aromatic rings. The molecule has 4 nitrogen and oxygen atoms in total. The van der Waals surface area contributed by atoms with Crippen LogP contribution in [-0.4, -0.2) is 43.2 Å². The number of nitrogens with two attached hydrogens (primary N) is 1. The topological polar surface area (TPSA) is 55.6 Å². The first-order valence-electron chi connectivity index (χ1n) is 7.73. The highest BCUT2D eigenvalue weighted by atomic mass is 16.5. The molecule has 1 saturated heterocycles. The van der Waals surface area contributed by atoms with Crippen molar-refractivity contribution in [2.24, 2.45) is 23.5 Å². The van der Waals surface area contributed by atoms with Gasteiger partial charge in [-0.25, -0.2) is 0 Å². The van der Waals surface area contributed by atoms with Gasteiger partial charge >= 0.3 is 0 Å². The average molecular weight is 268 g/mol. The van der Waals surface area contributed by atoms with Crippen molar-refractivity contribution in [2.45, 2.75) is 45.6 Å². The Balaban J connectivity index is 1.72. The van der Waals surface area contributed by atoms with Crippen LogP contribution in [0.15, 0.2) is 0 Å². The lowest BCUT2D eigenvalue weighted by molar-refractivity contribution is -0.136. The van der Waals surface area contributed by atoms with Crippen molar-refractivity contribution in [1.82, 2.24) is 4.90 Å². The molecule has 2 aliphatic rings. The molecule has 2 rings (SSSR count). The number of carbonyl (C=O) groups excluding carboxylic acids is 1. The van der Waals surface area contributed by atoms with Crippen LogP contribution >= 0.6 is 0 Å². The van der Waals surface area contributed by atoms with Crippen molar-refractivity contribution >= 4 is 5.91 Å². The van der Waals surface area contributed by atoms with E-state index in [9.17, 15) is 4.79 Å². The highest BCUT2D eigenvalue weighted by Gasteiger charge is 2.34. The van der Waals surface area contributed by atoms with E-state index in [-0.39, 0.29) is 0 Å². The Morgan fingerprint density at radius 2 is 2.16 bits per heavy atom. The van der Waals surface area contributed by atoms with Crippen LogP contribution in [0, 0.1) is 17.8 Å². The first kappa shape index (κ1) is 14.8. The van der Waals surface area contributed by atoms with Crippen molar-refractivity contribution < 1.29 is 9.53 Å². The molecule has 1 aliphatic heterocycles. The Morgan fingerprint density at radius 1 is 1.42 bits per heavy atom. The van der Waals surface area contributed by atoms with Gasteiger partial charge in [0.25, 0.3) is 0 Å². The molecule has 1 aliphatic carbocycles. The highest BCUT2D eigenvalue weighted by molar-refractivity contribution is 5.76. The van der Waals surface area contributed by atoms with E-state index in [0.717, 1.165) is 39.0 Å². The van der Waals surface area contributed by atoms with E-state index in [0.29, 0.717) is 42.7 Å². The molecule has 0 aromatic heterocycles. The maximum atomic E-state index is 12.3. The van der Waals surface area contributed by atoms with Crippen LogP contribution < -0.4 is 5.73 Å². The normalized spacial score (nSPS) is 35.0. The molecule has 0 bridgehead atoms. The average Bonchev–Trinajstić information content (AvgIpc) is 2.36. The molecule has 1 amide bonds. The molecule has 2 atom stereocenters. The predicted octanol–water partition coefficient (Wildman–Crippen LogP) is 1.63. The molecular formula is C15H28N2O2. The summed E-state index contributed by atoms with van der Waals surface area (Å²) in [5.74, 6) is 2.00. The Hall–Kier alpha value is -0.610. The minimum absolute atomic E-state index is 0.324. The lowest BCUT2D eigenvalue weighted by Gasteiger charge is -2.39. The van der Waals surface area contributed by atoms with Gasteiger partial charge in [-0.15, -0.1) is 0 Å². The van der Waals surface area contributed by atoms with E-state index in [2.05, 4.69) is 6.92 Å². The fourth-order valence-electron chi connectivity index (χ4n) is 3.27. The zero-order valence-corrected chi connectivity index (χ0v) is 12.3. The van der Waals surface area contributed by atoms with Crippen LogP contribution in [0.2, 0.25) is 0 Å². The maximum absolute atomic E-state index is 12.3. The summed E-state index contributed by atoms with van der Waals surface area (Å²) in [4.78, 5) is 14.3. The largest absolute Gasteiger partial charge is 0.378 e. The molecule has 0 spiro atoms. The summed E-state index contributed by atoms with van der Waals surface area (Å²) < 4.78 is 5.54. The minimum Gasteiger partial charge on any atom is -0.378 e. The number of likely N-dealkylation sites (tertiary alicyclic amines) is 1. The van der Waals surface area contributed by atoms with Crippen molar-refractivity contribution in [2.75, 3.05) is 26.2 Å². The quantitative estimate of drug-likeness (QED) is 0.824. The monoisotopic (exact) mass is 268 g/mol. The fourth-order valence-corrected chi connectivity index (χ4v) is 3.27. The Labute approximate surface area is 116 Å². The molecule has 0 aromatic carbocycles. The second kappa shape index (κ2) is 6.71. The summed E-state index contributed by atoms with van der Waals surface area (Å²) in [7, 11) is 0. The van der Waals surface area contributed by atoms with E-state index in [4.69, 9.17) is 10.5 Å². The second-order valence-electron chi connectivity index (χ2n) is 6.22. The number of ether oxygens (including phenoxy) is 1. The van der Waals surface area contributed by atoms with Gasteiger partial charge in [0.15, 0.2) is 0 Å². The first-order chi connectivity index (χ1) is 9.13. The van der Waals surface area contributed by atoms with Gasteiger partial charge in [-0.3, -0.25) is 4.79 Å². The number of hydrogen-bond acceptors (Lipinski definition) is 3. The van der Waals surface area contributed by atoms with Crippen LogP contribution in [0.3, 0.4) is 0 Å². The summed E-state index contributed by atoms with van der Waals surface area (Å²) in [6, 6.07) is 0. The van der Waals surface area contributed by atoms with Gasteiger partial charge in [-0.1, -0.05) is 6.92 Å². The number of carbonyl (C=O) groups is 1. The van der Waals surface area contributed by atoms with Gasteiger partial charge in [0.2, 0.25) is 5.91 Å². The van der Waals surface area contributed by atoms with E-state index in [1.54, 1.807) is 0 Å². The third-order valence-electron chi connectivity index (χ3n) is 4.83. The molecule has 1 saturated carbocycles. The SMILES string of the molecule is CCOC1CC(CC(=O)N2CCC(C)C(CN)C2)C1. The minimum atomic E-state index is 0.324. The fraction of sp³-hybridized carbons (Fsp3) is 0.933. The molecule has 0 radical (unpaired) electrons. The van der Waals surface area contributed by atoms with E-state index in [1.165, 1.54) is 0 Å². The van der Waals surface area contributed by atoms with E-state index < -0.39 is 0 Å². The van der Waals surface area contributed by atoms with Gasteiger partial charge in [0.05, 0.1) is 6.10 Å². The number of amides is 1. The van der Waals surface area contributed by atoms with Crippen molar-refractivity contribution in [3.63, 3.8) is 0 Å². The number of piperidine rings is 1. The van der Waals surface area contributed by atoms with Crippen molar-refractivity contribution in [3.8, 4) is 0 Å². The van der Waals surface area contributed by atoms with E-state index >= 15 is 0 Å². The lowest BCUT2D eigenvalue weighted by Crippen LogP contribution is -2.46. The predicted molar refractivity (Wildman–Crippen MR) is 75.7 cm³/mol. The Kier molecular flexibility index (Phi) is 5.22. The molecule has 1 heterocycles. The number of hydrogen-bond donors (Lipinski definition) is 1. The summed E-state index contributed by atoms with van der Waals surface area (Å²) >= 11 is 0. The van der Waals surface area contributed by atoms with Gasteiger partial charge < -0.3 is 15.4 Å². The molecule has 2 fully saturated rings. The lowest BCUT2D eigenvalue weighted by atomic mass is 9.79. The third kappa shape index (κ3) is 3.69. The zero-order chi connectivity index (χ0) is 13.8. The maximum Gasteiger partial charge on any atom is 0.222 e. The van der Waals surface area contributed by atoms with Crippen LogP contribution in [0.1, 0.15) is 39.5 Å². The first-order valence-corrected chi connectivity index (χ1v) is 7.73. The van der Waals surface area contributed by atoms with Gasteiger partial charge in [-0.05, 0) is 50.5 Å². The van der Waals surface area contributed by atoms with Crippen LogP contribution in [0.25, 0.3) is 0 Å². The zero-order valence-electron chi connectivity index (χ0n) is 12.3. The molecule has 2 N–H and O–H groups in total. The Morgan fingerprint density at radius 3 is 2.79 bits per heavy atom. The second-order valence-corrected chi connectivity index (χ2v) is 6.22. The molecule has 19 heavy (non-hydrogen) atoms. The molecule has 2 unspecified atom stereocenters. The van der Waals surface area contributed by atoms with E-state index in [1.807, 2.05) is 11.8 Å². The smallest absolute Gasteiger partial charge is 0.222 e. The molecule has 110 valence electrons. The molecule has 4 heteroatoms. The summed E-state index contributed by atoms with van der Waals surface area (Å²) in [5, 5.41) is 0. The molecular weight excluding hydrogens is 240 g/mol. The van der Waals surface area contributed by atoms with Gasteiger partial charge in [0.1, 0.15) is 0 Å². The highest BCUT2D eigenvalue weighted by Crippen LogP contribution is 2.33. The Bertz CT molecular complexity index is 303. The summed E-state index contributed by atoms with van der Waals surface area (Å²) in [6.45, 7) is 7.53.